The number of ketones is 1. The van der Waals surface area contributed by atoms with Crippen molar-refractivity contribution >= 4 is 16.6 Å². The molecule has 0 saturated carbocycles. The summed E-state index contributed by atoms with van der Waals surface area (Å²) in [6.07, 6.45) is 1.09. The Bertz CT molecular complexity index is 1100. The monoisotopic (exact) mass is 607 g/mol. The van der Waals surface area contributed by atoms with Gasteiger partial charge in [0.15, 0.2) is 5.78 Å². The molecule has 3 aromatic rings. The Labute approximate surface area is 207 Å². The number of benzene rings is 3. The number of carbonyl (C=O) groups excluding carboxylic acids is 1. The molecule has 0 saturated heterocycles. The summed E-state index contributed by atoms with van der Waals surface area (Å²) in [5.74, 6) is 0.666. The SMILES string of the molecule is CC(=O)/C(C)=C(/C)O.Cc1[c-]c(-c2[c-]c3ccc(C)cc3c(CC(C)C)c2)cc(C)c1.[Ir]. The van der Waals surface area contributed by atoms with Crippen molar-refractivity contribution in [1.29, 1.82) is 0 Å². The molecule has 0 aliphatic rings. The average molecular weight is 607 g/mol. The van der Waals surface area contributed by atoms with Crippen LogP contribution in [0.15, 0.2) is 47.7 Å². The van der Waals surface area contributed by atoms with Crippen LogP contribution in [0.25, 0.3) is 21.9 Å². The van der Waals surface area contributed by atoms with Gasteiger partial charge in [-0.1, -0.05) is 50.8 Å². The molecular weight excluding hydrogens is 573 g/mol. The largest absolute Gasteiger partial charge is 0.512 e. The summed E-state index contributed by atoms with van der Waals surface area (Å²) in [6, 6.07) is 20.4. The first-order valence-electron chi connectivity index (χ1n) is 10.8. The fourth-order valence-electron chi connectivity index (χ4n) is 3.51. The molecule has 32 heavy (non-hydrogen) atoms. The number of aliphatic hydroxyl groups excluding tert-OH is 1. The van der Waals surface area contributed by atoms with E-state index >= 15 is 0 Å². The van der Waals surface area contributed by atoms with Crippen LogP contribution < -0.4 is 0 Å². The topological polar surface area (TPSA) is 37.3 Å². The van der Waals surface area contributed by atoms with Crippen LogP contribution in [0.1, 0.15) is 56.9 Å². The van der Waals surface area contributed by atoms with Crippen LogP contribution in [0.2, 0.25) is 0 Å². The molecule has 0 heterocycles. The molecule has 3 heteroatoms. The Balaban J connectivity index is 0.000000491. The minimum Gasteiger partial charge on any atom is -0.512 e. The van der Waals surface area contributed by atoms with Crippen molar-refractivity contribution in [3.63, 3.8) is 0 Å². The number of rotatable bonds is 4. The molecule has 173 valence electrons. The summed E-state index contributed by atoms with van der Waals surface area (Å²) in [5, 5.41) is 11.2. The maximum Gasteiger partial charge on any atom is 0.158 e. The maximum absolute atomic E-state index is 10.4. The van der Waals surface area contributed by atoms with Gasteiger partial charge in [-0.25, -0.2) is 5.56 Å². The van der Waals surface area contributed by atoms with E-state index in [9.17, 15) is 4.79 Å². The number of allylic oxidation sites excluding steroid dienone is 2. The summed E-state index contributed by atoms with van der Waals surface area (Å²) in [7, 11) is 0. The molecule has 0 bridgehead atoms. The summed E-state index contributed by atoms with van der Waals surface area (Å²) in [5.41, 5.74) is 7.92. The van der Waals surface area contributed by atoms with Gasteiger partial charge in [-0.05, 0) is 40.0 Å². The van der Waals surface area contributed by atoms with Crippen LogP contribution in [0, 0.1) is 38.8 Å². The van der Waals surface area contributed by atoms with E-state index in [0.717, 1.165) is 17.5 Å². The molecule has 3 rings (SSSR count). The predicted octanol–water partition coefficient (Wildman–Crippen LogP) is 7.66. The van der Waals surface area contributed by atoms with Gasteiger partial charge >= 0.3 is 0 Å². The van der Waals surface area contributed by atoms with Crippen molar-refractivity contribution in [2.75, 3.05) is 0 Å². The molecule has 0 fully saturated rings. The van der Waals surface area contributed by atoms with Gasteiger partial charge in [-0.3, -0.25) is 4.79 Å². The van der Waals surface area contributed by atoms with Crippen molar-refractivity contribution in [1.82, 2.24) is 0 Å². The number of aliphatic hydroxyl groups is 1. The first kappa shape index (κ1) is 27.8. The molecule has 0 aliphatic carbocycles. The van der Waals surface area contributed by atoms with E-state index in [1.807, 2.05) is 0 Å². The van der Waals surface area contributed by atoms with Gasteiger partial charge in [0.1, 0.15) is 0 Å². The van der Waals surface area contributed by atoms with E-state index in [2.05, 4.69) is 83.1 Å². The fraction of sp³-hybridized carbons (Fsp3) is 0.345. The second kappa shape index (κ2) is 12.1. The van der Waals surface area contributed by atoms with Crippen LogP contribution in [0.5, 0.6) is 0 Å². The average Bonchev–Trinajstić information content (AvgIpc) is 2.66. The standard InChI is InChI=1S/C23H24.C6H10O2.Ir/c1-15(2)8-22-14-21(20-10-17(4)9-18(5)11-20)13-19-7-6-16(3)12-23(19)22;1-4(5(2)7)6(3)8;/h6-7,9-10,12,14-15H,8H2,1-5H3;7H,1-3H3;/q-2;;/b;5-4-;. The van der Waals surface area contributed by atoms with Gasteiger partial charge in [0.05, 0.1) is 5.76 Å². The van der Waals surface area contributed by atoms with Crippen LogP contribution in [-0.2, 0) is 31.3 Å². The van der Waals surface area contributed by atoms with E-state index in [1.165, 1.54) is 46.9 Å². The molecular formula is C29H34IrO2-2. The molecule has 0 atom stereocenters. The van der Waals surface area contributed by atoms with Gasteiger partial charge in [-0.2, -0.15) is 29.8 Å². The third kappa shape index (κ3) is 7.73. The first-order chi connectivity index (χ1) is 14.5. The third-order valence-electron chi connectivity index (χ3n) is 5.25. The molecule has 2 nitrogen and oxygen atoms in total. The van der Waals surface area contributed by atoms with E-state index < -0.39 is 0 Å². The molecule has 0 spiro atoms. The van der Waals surface area contributed by atoms with Gasteiger partial charge < -0.3 is 5.11 Å². The van der Waals surface area contributed by atoms with Crippen molar-refractivity contribution in [3.8, 4) is 11.1 Å². The fourth-order valence-corrected chi connectivity index (χ4v) is 3.51. The minimum absolute atomic E-state index is 0. The summed E-state index contributed by atoms with van der Waals surface area (Å²) in [4.78, 5) is 10.4. The third-order valence-corrected chi connectivity index (χ3v) is 5.25. The Hall–Kier alpha value is -2.22. The van der Waals surface area contributed by atoms with Crippen molar-refractivity contribution < 1.29 is 30.0 Å². The maximum atomic E-state index is 10.4. The molecule has 0 amide bonds. The molecule has 1 N–H and O–H groups in total. The molecule has 3 aromatic carbocycles. The van der Waals surface area contributed by atoms with E-state index in [1.54, 1.807) is 6.92 Å². The number of carbonyl (C=O) groups is 1. The normalized spacial score (nSPS) is 11.4. The molecule has 1 radical (unpaired) electrons. The van der Waals surface area contributed by atoms with Crippen LogP contribution in [-0.4, -0.2) is 10.9 Å². The second-order valence-electron chi connectivity index (χ2n) is 8.88. The summed E-state index contributed by atoms with van der Waals surface area (Å²) in [6.45, 7) is 15.5. The zero-order valence-corrected chi connectivity index (χ0v) is 22.8. The quantitative estimate of drug-likeness (QED) is 0.188. The van der Waals surface area contributed by atoms with Crippen molar-refractivity contribution in [3.05, 3.63) is 82.1 Å². The number of fused-ring (bicyclic) bond motifs is 1. The van der Waals surface area contributed by atoms with Crippen molar-refractivity contribution in [2.24, 2.45) is 5.92 Å². The molecule has 0 unspecified atom stereocenters. The van der Waals surface area contributed by atoms with E-state index in [-0.39, 0.29) is 31.6 Å². The predicted molar refractivity (Wildman–Crippen MR) is 131 cm³/mol. The van der Waals surface area contributed by atoms with Crippen molar-refractivity contribution in [2.45, 2.75) is 61.8 Å². The Kier molecular flexibility index (Phi) is 10.5. The first-order valence-corrected chi connectivity index (χ1v) is 10.8. The second-order valence-corrected chi connectivity index (χ2v) is 8.88. The van der Waals surface area contributed by atoms with E-state index in [4.69, 9.17) is 5.11 Å². The summed E-state index contributed by atoms with van der Waals surface area (Å²) >= 11 is 0. The van der Waals surface area contributed by atoms with Gasteiger partial charge in [0.2, 0.25) is 0 Å². The molecule has 0 aromatic heterocycles. The zero-order valence-electron chi connectivity index (χ0n) is 20.4. The smallest absolute Gasteiger partial charge is 0.158 e. The van der Waals surface area contributed by atoms with Crippen LogP contribution in [0.4, 0.5) is 0 Å². The number of hydrogen-bond acceptors (Lipinski definition) is 2. The van der Waals surface area contributed by atoms with E-state index in [0.29, 0.717) is 11.5 Å². The van der Waals surface area contributed by atoms with Crippen LogP contribution in [0.3, 0.4) is 0 Å². The Morgan fingerprint density at radius 2 is 1.53 bits per heavy atom. The van der Waals surface area contributed by atoms with Crippen LogP contribution >= 0.6 is 0 Å². The Morgan fingerprint density at radius 1 is 0.906 bits per heavy atom. The number of Topliss-reactive ketones (excluding diaryl/α,β-unsaturated/α-hetero) is 1. The molecule has 0 aliphatic heterocycles. The summed E-state index contributed by atoms with van der Waals surface area (Å²) < 4.78 is 0. The minimum atomic E-state index is -0.0787. The zero-order chi connectivity index (χ0) is 23.3. The number of aryl methyl sites for hydroxylation is 3. The van der Waals surface area contributed by atoms with Gasteiger partial charge in [0, 0.05) is 25.7 Å². The number of hydrogen-bond donors (Lipinski definition) is 1. The van der Waals surface area contributed by atoms with Gasteiger partial charge in [-0.15, -0.1) is 34.2 Å². The Morgan fingerprint density at radius 3 is 2.03 bits per heavy atom. The van der Waals surface area contributed by atoms with Gasteiger partial charge in [0.25, 0.3) is 0 Å².